The van der Waals surface area contributed by atoms with Crippen molar-refractivity contribution in [1.29, 1.82) is 0 Å². The second-order valence-corrected chi connectivity index (χ2v) is 6.59. The van der Waals surface area contributed by atoms with Crippen LogP contribution in [0.15, 0.2) is 35.3 Å². The Morgan fingerprint density at radius 1 is 0.852 bits per heavy atom. The molecule has 5 heteroatoms. The lowest BCUT2D eigenvalue weighted by Crippen LogP contribution is -2.22. The number of methoxy groups -OCH3 is 4. The van der Waals surface area contributed by atoms with Crippen LogP contribution < -0.4 is 18.9 Å². The van der Waals surface area contributed by atoms with E-state index in [9.17, 15) is 0 Å². The maximum Gasteiger partial charge on any atom is 0.161 e. The van der Waals surface area contributed by atoms with Crippen LogP contribution >= 0.6 is 0 Å². The van der Waals surface area contributed by atoms with Crippen LogP contribution in [0.1, 0.15) is 36.5 Å². The first kappa shape index (κ1) is 19.1. The van der Waals surface area contributed by atoms with Crippen molar-refractivity contribution in [2.75, 3.05) is 28.4 Å². The van der Waals surface area contributed by atoms with Gasteiger partial charge in [-0.3, -0.25) is 4.99 Å². The van der Waals surface area contributed by atoms with E-state index >= 15 is 0 Å². The van der Waals surface area contributed by atoms with Crippen molar-refractivity contribution in [2.24, 2.45) is 4.99 Å². The molecule has 0 bridgehead atoms. The molecule has 0 amide bonds. The molecule has 0 saturated heterocycles. The standard InChI is InChI=1S/C22H27NO4/c1-6-7-16-8-14-11-20(26-4)21(27-5)13-19(14)22(23-16)15-9-17(24-2)12-18(10-15)25-3/h9-13,16H,6-8H2,1-5H3. The zero-order chi connectivity index (χ0) is 19.4. The van der Waals surface area contributed by atoms with E-state index in [-0.39, 0.29) is 6.04 Å². The van der Waals surface area contributed by atoms with Gasteiger partial charge in [0.2, 0.25) is 0 Å². The lowest BCUT2D eigenvalue weighted by Gasteiger charge is -2.25. The quantitative estimate of drug-likeness (QED) is 0.731. The fraction of sp³-hybridized carbons (Fsp3) is 0.409. The fourth-order valence-corrected chi connectivity index (χ4v) is 3.54. The molecule has 1 unspecified atom stereocenters. The first-order chi connectivity index (χ1) is 13.1. The Morgan fingerprint density at radius 2 is 1.48 bits per heavy atom. The summed E-state index contributed by atoms with van der Waals surface area (Å²) in [5, 5.41) is 0. The van der Waals surface area contributed by atoms with E-state index in [0.29, 0.717) is 5.75 Å². The molecule has 144 valence electrons. The second-order valence-electron chi connectivity index (χ2n) is 6.59. The minimum atomic E-state index is 0.243. The van der Waals surface area contributed by atoms with E-state index in [0.717, 1.165) is 53.3 Å². The van der Waals surface area contributed by atoms with Crippen LogP contribution in [-0.4, -0.2) is 40.2 Å². The molecule has 1 aliphatic heterocycles. The zero-order valence-electron chi connectivity index (χ0n) is 16.7. The van der Waals surface area contributed by atoms with Gasteiger partial charge in [0.25, 0.3) is 0 Å². The summed E-state index contributed by atoms with van der Waals surface area (Å²) in [7, 11) is 6.63. The molecule has 5 nitrogen and oxygen atoms in total. The maximum absolute atomic E-state index is 5.52. The average Bonchev–Trinajstić information content (AvgIpc) is 2.71. The molecule has 0 spiro atoms. The van der Waals surface area contributed by atoms with E-state index in [1.54, 1.807) is 28.4 Å². The molecular weight excluding hydrogens is 342 g/mol. The van der Waals surface area contributed by atoms with Gasteiger partial charge in [-0.05, 0) is 42.7 Å². The SMILES string of the molecule is CCCC1Cc2cc(OC)c(OC)cc2C(c2cc(OC)cc(OC)c2)=N1. The third-order valence-electron chi connectivity index (χ3n) is 4.88. The minimum Gasteiger partial charge on any atom is -0.497 e. The topological polar surface area (TPSA) is 49.3 Å². The second kappa shape index (κ2) is 8.33. The molecule has 0 radical (unpaired) electrons. The average molecular weight is 369 g/mol. The van der Waals surface area contributed by atoms with E-state index in [4.69, 9.17) is 23.9 Å². The van der Waals surface area contributed by atoms with Crippen LogP contribution in [0.25, 0.3) is 0 Å². The predicted molar refractivity (Wildman–Crippen MR) is 107 cm³/mol. The Hall–Kier alpha value is -2.69. The molecule has 27 heavy (non-hydrogen) atoms. The first-order valence-electron chi connectivity index (χ1n) is 9.20. The van der Waals surface area contributed by atoms with Crippen molar-refractivity contribution in [1.82, 2.24) is 0 Å². The molecular formula is C22H27NO4. The third kappa shape index (κ3) is 3.87. The number of rotatable bonds is 7. The molecule has 1 heterocycles. The third-order valence-corrected chi connectivity index (χ3v) is 4.88. The van der Waals surface area contributed by atoms with Crippen LogP contribution in [-0.2, 0) is 6.42 Å². The molecule has 3 rings (SSSR count). The highest BCUT2D eigenvalue weighted by molar-refractivity contribution is 6.15. The van der Waals surface area contributed by atoms with Gasteiger partial charge in [0, 0.05) is 17.2 Å². The highest BCUT2D eigenvalue weighted by Gasteiger charge is 2.25. The summed E-state index contributed by atoms with van der Waals surface area (Å²) in [6.07, 6.45) is 3.03. The number of hydrogen-bond acceptors (Lipinski definition) is 5. The van der Waals surface area contributed by atoms with Crippen LogP contribution in [0, 0.1) is 0 Å². The van der Waals surface area contributed by atoms with Crippen molar-refractivity contribution >= 4 is 5.71 Å². The Balaban J connectivity index is 2.18. The molecule has 2 aromatic rings. The lowest BCUT2D eigenvalue weighted by molar-refractivity contribution is 0.354. The maximum atomic E-state index is 5.52. The van der Waals surface area contributed by atoms with Crippen molar-refractivity contribution < 1.29 is 18.9 Å². The summed E-state index contributed by atoms with van der Waals surface area (Å²) in [6.45, 7) is 2.19. The summed E-state index contributed by atoms with van der Waals surface area (Å²) >= 11 is 0. The van der Waals surface area contributed by atoms with Gasteiger partial charge in [0.15, 0.2) is 11.5 Å². The van der Waals surface area contributed by atoms with Gasteiger partial charge in [-0.15, -0.1) is 0 Å². The molecule has 0 aromatic heterocycles. The van der Waals surface area contributed by atoms with Gasteiger partial charge in [-0.25, -0.2) is 0 Å². The van der Waals surface area contributed by atoms with Crippen LogP contribution in [0.2, 0.25) is 0 Å². The van der Waals surface area contributed by atoms with E-state index in [2.05, 4.69) is 13.0 Å². The van der Waals surface area contributed by atoms with Crippen molar-refractivity contribution in [3.8, 4) is 23.0 Å². The van der Waals surface area contributed by atoms with Crippen molar-refractivity contribution in [3.63, 3.8) is 0 Å². The number of nitrogens with zero attached hydrogens (tertiary/aromatic N) is 1. The highest BCUT2D eigenvalue weighted by atomic mass is 16.5. The van der Waals surface area contributed by atoms with Gasteiger partial charge in [0.05, 0.1) is 40.2 Å². The van der Waals surface area contributed by atoms with Crippen molar-refractivity contribution in [3.05, 3.63) is 47.0 Å². The largest absolute Gasteiger partial charge is 0.497 e. The first-order valence-corrected chi connectivity index (χ1v) is 9.20. The number of fused-ring (bicyclic) bond motifs is 1. The molecule has 0 fully saturated rings. The Kier molecular flexibility index (Phi) is 5.89. The van der Waals surface area contributed by atoms with E-state index in [1.165, 1.54) is 5.56 Å². The number of hydrogen-bond donors (Lipinski definition) is 0. The summed E-state index contributed by atoms with van der Waals surface area (Å²) in [5.74, 6) is 2.93. The van der Waals surface area contributed by atoms with Gasteiger partial charge in [-0.2, -0.15) is 0 Å². The summed E-state index contributed by atoms with van der Waals surface area (Å²) in [6, 6.07) is 10.2. The van der Waals surface area contributed by atoms with E-state index in [1.807, 2.05) is 24.3 Å². The van der Waals surface area contributed by atoms with Gasteiger partial charge in [-0.1, -0.05) is 13.3 Å². The normalized spacial score (nSPS) is 15.6. The number of benzene rings is 2. The number of aliphatic imine (C=N–C) groups is 1. The van der Waals surface area contributed by atoms with E-state index < -0.39 is 0 Å². The molecule has 0 saturated carbocycles. The monoisotopic (exact) mass is 369 g/mol. The highest BCUT2D eigenvalue weighted by Crippen LogP contribution is 2.36. The molecule has 1 atom stereocenters. The Morgan fingerprint density at radius 3 is 2.04 bits per heavy atom. The lowest BCUT2D eigenvalue weighted by atomic mass is 9.88. The van der Waals surface area contributed by atoms with Gasteiger partial charge >= 0.3 is 0 Å². The zero-order valence-corrected chi connectivity index (χ0v) is 16.7. The molecule has 0 aliphatic carbocycles. The predicted octanol–water partition coefficient (Wildman–Crippen LogP) is 4.28. The summed E-state index contributed by atoms with van der Waals surface area (Å²) in [5.41, 5.74) is 4.20. The molecule has 0 N–H and O–H groups in total. The van der Waals surface area contributed by atoms with Crippen LogP contribution in [0.5, 0.6) is 23.0 Å². The minimum absolute atomic E-state index is 0.243. The number of ether oxygens (including phenoxy) is 4. The Bertz CT molecular complexity index is 822. The van der Waals surface area contributed by atoms with Gasteiger partial charge in [0.1, 0.15) is 11.5 Å². The van der Waals surface area contributed by atoms with Gasteiger partial charge < -0.3 is 18.9 Å². The fourth-order valence-electron chi connectivity index (χ4n) is 3.54. The molecule has 2 aromatic carbocycles. The molecule has 1 aliphatic rings. The van der Waals surface area contributed by atoms with Crippen molar-refractivity contribution in [2.45, 2.75) is 32.2 Å². The Labute approximate surface area is 160 Å². The van der Waals surface area contributed by atoms with Crippen LogP contribution in [0.4, 0.5) is 0 Å². The smallest absolute Gasteiger partial charge is 0.161 e. The van der Waals surface area contributed by atoms with Crippen LogP contribution in [0.3, 0.4) is 0 Å². The summed E-state index contributed by atoms with van der Waals surface area (Å²) < 4.78 is 21.9. The summed E-state index contributed by atoms with van der Waals surface area (Å²) in [4.78, 5) is 5.07.